The summed E-state index contributed by atoms with van der Waals surface area (Å²) in [6.45, 7) is 8.21. The first-order valence-corrected chi connectivity index (χ1v) is 12.1. The number of benzene rings is 1. The first kappa shape index (κ1) is 25.2. The lowest BCUT2D eigenvalue weighted by atomic mass is 10.0. The number of aliphatic hydroxyl groups is 1. The van der Waals surface area contributed by atoms with Gasteiger partial charge in [-0.15, -0.1) is 0 Å². The van der Waals surface area contributed by atoms with E-state index >= 15 is 0 Å². The standard InChI is InChI=1S/C22H35N3O5S/c1-6-8-18-9-10-21-19(12-18)30-20(14-24(5)22(27)23-11-7-2)16(3)13-25(17(4)15-26)31(21,28)29/h6,8-10,12,16-17,20,26H,7,11,13-15H2,1-5H3,(H,23,27)/b8-6+/t16-,17+,20-/m1/s1. The monoisotopic (exact) mass is 453 g/mol. The smallest absolute Gasteiger partial charge is 0.317 e. The van der Waals surface area contributed by atoms with Crippen LogP contribution < -0.4 is 10.1 Å². The molecule has 0 saturated heterocycles. The van der Waals surface area contributed by atoms with E-state index in [1.165, 1.54) is 4.31 Å². The van der Waals surface area contributed by atoms with E-state index < -0.39 is 22.2 Å². The third-order valence-corrected chi connectivity index (χ3v) is 7.40. The van der Waals surface area contributed by atoms with E-state index in [0.717, 1.165) is 12.0 Å². The van der Waals surface area contributed by atoms with Gasteiger partial charge in [0, 0.05) is 32.1 Å². The van der Waals surface area contributed by atoms with Crippen LogP contribution >= 0.6 is 0 Å². The van der Waals surface area contributed by atoms with Gasteiger partial charge in [0.25, 0.3) is 0 Å². The lowest BCUT2D eigenvalue weighted by molar-refractivity contribution is 0.0812. The van der Waals surface area contributed by atoms with E-state index in [1.54, 1.807) is 37.1 Å². The minimum absolute atomic E-state index is 0.0658. The molecular formula is C22H35N3O5S. The molecule has 0 spiro atoms. The predicted octanol–water partition coefficient (Wildman–Crippen LogP) is 2.54. The lowest BCUT2D eigenvalue weighted by Gasteiger charge is -2.37. The molecule has 0 saturated carbocycles. The van der Waals surface area contributed by atoms with Crippen molar-refractivity contribution in [3.05, 3.63) is 29.8 Å². The Bertz CT molecular complexity index is 887. The molecule has 0 radical (unpaired) electrons. The molecule has 3 atom stereocenters. The van der Waals surface area contributed by atoms with Gasteiger partial charge in [-0.25, -0.2) is 13.2 Å². The maximum atomic E-state index is 13.4. The number of amides is 2. The number of fused-ring (bicyclic) bond motifs is 1. The van der Waals surface area contributed by atoms with Crippen molar-refractivity contribution in [2.45, 2.75) is 51.2 Å². The average molecular weight is 454 g/mol. The van der Waals surface area contributed by atoms with Crippen LogP contribution in [0.2, 0.25) is 0 Å². The Morgan fingerprint density at radius 2 is 2.16 bits per heavy atom. The summed E-state index contributed by atoms with van der Waals surface area (Å²) in [6, 6.07) is 4.19. The van der Waals surface area contributed by atoms with Crippen molar-refractivity contribution in [2.24, 2.45) is 5.92 Å². The van der Waals surface area contributed by atoms with Crippen molar-refractivity contribution < 1.29 is 23.1 Å². The number of carbonyl (C=O) groups is 1. The third-order valence-electron chi connectivity index (χ3n) is 5.38. The summed E-state index contributed by atoms with van der Waals surface area (Å²) in [6.07, 6.45) is 4.14. The molecule has 174 valence electrons. The van der Waals surface area contributed by atoms with Gasteiger partial charge in [0.2, 0.25) is 10.0 Å². The van der Waals surface area contributed by atoms with Crippen LogP contribution in [-0.4, -0.2) is 74.2 Å². The zero-order valence-electron chi connectivity index (χ0n) is 19.0. The van der Waals surface area contributed by atoms with E-state index in [1.807, 2.05) is 32.9 Å². The quantitative estimate of drug-likeness (QED) is 0.661. The molecule has 1 heterocycles. The fourth-order valence-corrected chi connectivity index (χ4v) is 5.30. The second-order valence-electron chi connectivity index (χ2n) is 8.06. The molecule has 1 aliphatic rings. The summed E-state index contributed by atoms with van der Waals surface area (Å²) in [4.78, 5) is 14.0. The Morgan fingerprint density at radius 1 is 1.45 bits per heavy atom. The van der Waals surface area contributed by atoms with Gasteiger partial charge in [-0.05, 0) is 38.0 Å². The summed E-state index contributed by atoms with van der Waals surface area (Å²) in [5, 5.41) is 12.5. The van der Waals surface area contributed by atoms with Crippen LogP contribution in [0.5, 0.6) is 5.75 Å². The van der Waals surface area contributed by atoms with Crippen LogP contribution in [-0.2, 0) is 10.0 Å². The molecule has 2 rings (SSSR count). The number of ether oxygens (including phenoxy) is 1. The van der Waals surface area contributed by atoms with E-state index in [4.69, 9.17) is 4.74 Å². The second-order valence-corrected chi connectivity index (χ2v) is 9.92. The molecule has 2 N–H and O–H groups in total. The first-order valence-electron chi connectivity index (χ1n) is 10.7. The number of hydrogen-bond acceptors (Lipinski definition) is 5. The van der Waals surface area contributed by atoms with Crippen LogP contribution in [0.15, 0.2) is 29.2 Å². The highest BCUT2D eigenvalue weighted by Gasteiger charge is 2.38. The van der Waals surface area contributed by atoms with Gasteiger partial charge < -0.3 is 20.1 Å². The van der Waals surface area contributed by atoms with Gasteiger partial charge >= 0.3 is 6.03 Å². The molecule has 0 bridgehead atoms. The fourth-order valence-electron chi connectivity index (χ4n) is 3.48. The number of nitrogens with zero attached hydrogens (tertiary/aromatic N) is 2. The number of aliphatic hydroxyl groups excluding tert-OH is 1. The van der Waals surface area contributed by atoms with Gasteiger partial charge in [0.05, 0.1) is 13.2 Å². The van der Waals surface area contributed by atoms with Crippen molar-refractivity contribution >= 4 is 22.1 Å². The summed E-state index contributed by atoms with van der Waals surface area (Å²) < 4.78 is 34.3. The number of likely N-dealkylation sites (N-methyl/N-ethyl adjacent to an activating group) is 1. The Hall–Kier alpha value is -2.10. The number of carbonyl (C=O) groups excluding carboxylic acids is 1. The highest BCUT2D eigenvalue weighted by atomic mass is 32.2. The van der Waals surface area contributed by atoms with Crippen LogP contribution in [0.4, 0.5) is 4.79 Å². The molecule has 0 aliphatic carbocycles. The number of urea groups is 1. The molecular weight excluding hydrogens is 418 g/mol. The summed E-state index contributed by atoms with van der Waals surface area (Å²) in [5.41, 5.74) is 0.819. The van der Waals surface area contributed by atoms with Gasteiger partial charge in [-0.1, -0.05) is 32.1 Å². The molecule has 2 amide bonds. The van der Waals surface area contributed by atoms with Gasteiger partial charge in [-0.2, -0.15) is 4.31 Å². The number of rotatable bonds is 7. The van der Waals surface area contributed by atoms with E-state index in [2.05, 4.69) is 5.32 Å². The van der Waals surface area contributed by atoms with Crippen molar-refractivity contribution in [1.82, 2.24) is 14.5 Å². The Morgan fingerprint density at radius 3 is 2.77 bits per heavy atom. The zero-order chi connectivity index (χ0) is 23.2. The van der Waals surface area contributed by atoms with Crippen molar-refractivity contribution in [3.8, 4) is 5.75 Å². The number of sulfonamides is 1. The van der Waals surface area contributed by atoms with Gasteiger partial charge in [0.1, 0.15) is 16.7 Å². The van der Waals surface area contributed by atoms with E-state index in [9.17, 15) is 18.3 Å². The van der Waals surface area contributed by atoms with Crippen LogP contribution in [0, 0.1) is 5.92 Å². The highest BCUT2D eigenvalue weighted by molar-refractivity contribution is 7.89. The minimum Gasteiger partial charge on any atom is -0.487 e. The molecule has 1 aromatic rings. The van der Waals surface area contributed by atoms with Crippen molar-refractivity contribution in [3.63, 3.8) is 0 Å². The Labute approximate surface area is 185 Å². The molecule has 31 heavy (non-hydrogen) atoms. The second kappa shape index (κ2) is 11.0. The zero-order valence-corrected chi connectivity index (χ0v) is 19.9. The van der Waals surface area contributed by atoms with Crippen molar-refractivity contribution in [2.75, 3.05) is 33.3 Å². The Balaban J connectivity index is 2.47. The molecule has 1 aromatic carbocycles. The minimum atomic E-state index is -3.87. The van der Waals surface area contributed by atoms with Crippen LogP contribution in [0.25, 0.3) is 6.08 Å². The molecule has 0 fully saturated rings. The van der Waals surface area contributed by atoms with E-state index in [-0.39, 0.29) is 35.7 Å². The number of allylic oxidation sites excluding steroid dienone is 1. The van der Waals surface area contributed by atoms with Crippen molar-refractivity contribution in [1.29, 1.82) is 0 Å². The molecule has 9 heteroatoms. The maximum absolute atomic E-state index is 13.4. The highest BCUT2D eigenvalue weighted by Crippen LogP contribution is 2.34. The molecule has 1 aliphatic heterocycles. The normalized spacial score (nSPS) is 22.1. The summed E-state index contributed by atoms with van der Waals surface area (Å²) in [5.74, 6) is 0.0355. The number of nitrogens with one attached hydrogen (secondary N) is 1. The largest absolute Gasteiger partial charge is 0.487 e. The summed E-state index contributed by atoms with van der Waals surface area (Å²) in [7, 11) is -2.17. The first-order chi connectivity index (χ1) is 14.6. The van der Waals surface area contributed by atoms with Crippen LogP contribution in [0.3, 0.4) is 0 Å². The molecule has 8 nitrogen and oxygen atoms in total. The fraction of sp³-hybridized carbons (Fsp3) is 0.591. The molecule has 0 aromatic heterocycles. The topological polar surface area (TPSA) is 99.2 Å². The maximum Gasteiger partial charge on any atom is 0.317 e. The van der Waals surface area contributed by atoms with Gasteiger partial charge in [-0.3, -0.25) is 0 Å². The SMILES string of the molecule is C/C=C/c1ccc2c(c1)O[C@H](CN(C)C(=O)NCCC)[C@H](C)CN([C@@H](C)CO)S2(=O)=O. The molecule has 0 unspecified atom stereocenters. The number of hydrogen-bond donors (Lipinski definition) is 2. The summed E-state index contributed by atoms with van der Waals surface area (Å²) >= 11 is 0. The average Bonchev–Trinajstić information content (AvgIpc) is 2.73. The van der Waals surface area contributed by atoms with E-state index in [0.29, 0.717) is 13.1 Å². The predicted molar refractivity (Wildman–Crippen MR) is 121 cm³/mol. The van der Waals surface area contributed by atoms with Gasteiger partial charge in [0.15, 0.2) is 0 Å². The van der Waals surface area contributed by atoms with Crippen LogP contribution in [0.1, 0.15) is 39.7 Å². The lowest BCUT2D eigenvalue weighted by Crippen LogP contribution is -2.51. The third kappa shape index (κ3) is 5.99. The Kier molecular flexibility index (Phi) is 8.90.